The number of anilines is 1. The Bertz CT molecular complexity index is 533. The fraction of sp³-hybridized carbons (Fsp3) is 0.500. The first kappa shape index (κ1) is 17.0. The zero-order valence-corrected chi connectivity index (χ0v) is 13.3. The highest BCUT2D eigenvalue weighted by molar-refractivity contribution is 5.92. The molecule has 5 heteroatoms. The lowest BCUT2D eigenvalue weighted by molar-refractivity contribution is 0.0696. The second-order valence-electron chi connectivity index (χ2n) is 6.44. The SMILES string of the molecule is Cc1cc(NC(=O)NCC(C)C(C)(C)C)ccc1C(=O)O. The van der Waals surface area contributed by atoms with Gasteiger partial charge in [-0.3, -0.25) is 0 Å². The van der Waals surface area contributed by atoms with Crippen LogP contribution in [0, 0.1) is 18.3 Å². The molecule has 21 heavy (non-hydrogen) atoms. The Morgan fingerprint density at radius 3 is 2.38 bits per heavy atom. The number of hydrogen-bond acceptors (Lipinski definition) is 2. The third-order valence-electron chi connectivity index (χ3n) is 3.76. The number of carbonyl (C=O) groups is 2. The van der Waals surface area contributed by atoms with Crippen LogP contribution in [0.1, 0.15) is 43.6 Å². The second-order valence-corrected chi connectivity index (χ2v) is 6.44. The summed E-state index contributed by atoms with van der Waals surface area (Å²) in [5.41, 5.74) is 1.57. The van der Waals surface area contributed by atoms with Gasteiger partial charge >= 0.3 is 12.0 Å². The second kappa shape index (κ2) is 6.61. The van der Waals surface area contributed by atoms with Crippen LogP contribution in [0.25, 0.3) is 0 Å². The van der Waals surface area contributed by atoms with Crippen molar-refractivity contribution in [3.05, 3.63) is 29.3 Å². The van der Waals surface area contributed by atoms with E-state index in [0.29, 0.717) is 23.7 Å². The average molecular weight is 292 g/mol. The summed E-state index contributed by atoms with van der Waals surface area (Å²) in [6.45, 7) is 10.8. The van der Waals surface area contributed by atoms with E-state index in [-0.39, 0.29) is 17.0 Å². The van der Waals surface area contributed by atoms with E-state index in [4.69, 9.17) is 5.11 Å². The molecule has 1 aromatic rings. The van der Waals surface area contributed by atoms with Gasteiger partial charge in [-0.15, -0.1) is 0 Å². The van der Waals surface area contributed by atoms with E-state index >= 15 is 0 Å². The lowest BCUT2D eigenvalue weighted by atomic mass is 9.82. The van der Waals surface area contributed by atoms with Gasteiger partial charge in [0.25, 0.3) is 0 Å². The summed E-state index contributed by atoms with van der Waals surface area (Å²) in [5.74, 6) is -0.623. The molecule has 1 rings (SSSR count). The van der Waals surface area contributed by atoms with Crippen molar-refractivity contribution >= 4 is 17.7 Å². The minimum absolute atomic E-state index is 0.132. The Hall–Kier alpha value is -2.04. The fourth-order valence-corrected chi connectivity index (χ4v) is 1.71. The van der Waals surface area contributed by atoms with Gasteiger partial charge in [0.1, 0.15) is 0 Å². The normalized spacial score (nSPS) is 12.6. The van der Waals surface area contributed by atoms with Gasteiger partial charge in [-0.1, -0.05) is 27.7 Å². The Balaban J connectivity index is 2.60. The average Bonchev–Trinajstić information content (AvgIpc) is 2.34. The minimum atomic E-state index is -0.970. The van der Waals surface area contributed by atoms with E-state index in [9.17, 15) is 9.59 Å². The highest BCUT2D eigenvalue weighted by atomic mass is 16.4. The van der Waals surface area contributed by atoms with Crippen molar-refractivity contribution in [2.75, 3.05) is 11.9 Å². The number of carboxylic acids is 1. The maximum absolute atomic E-state index is 11.8. The van der Waals surface area contributed by atoms with Crippen LogP contribution in [-0.4, -0.2) is 23.7 Å². The molecule has 0 aromatic heterocycles. The Morgan fingerprint density at radius 2 is 1.90 bits per heavy atom. The Morgan fingerprint density at radius 1 is 1.29 bits per heavy atom. The summed E-state index contributed by atoms with van der Waals surface area (Å²) >= 11 is 0. The third kappa shape index (κ3) is 5.10. The maximum Gasteiger partial charge on any atom is 0.335 e. The quantitative estimate of drug-likeness (QED) is 0.794. The molecule has 0 heterocycles. The van der Waals surface area contributed by atoms with Gasteiger partial charge in [-0.2, -0.15) is 0 Å². The van der Waals surface area contributed by atoms with Crippen LogP contribution in [0.4, 0.5) is 10.5 Å². The molecule has 1 atom stereocenters. The van der Waals surface area contributed by atoms with Gasteiger partial charge in [-0.25, -0.2) is 9.59 Å². The lowest BCUT2D eigenvalue weighted by Gasteiger charge is -2.27. The number of aromatic carboxylic acids is 1. The largest absolute Gasteiger partial charge is 0.478 e. The van der Waals surface area contributed by atoms with Gasteiger partial charge in [0.2, 0.25) is 0 Å². The predicted octanol–water partition coefficient (Wildman–Crippen LogP) is 3.50. The van der Waals surface area contributed by atoms with Gasteiger partial charge < -0.3 is 15.7 Å². The van der Waals surface area contributed by atoms with Crippen LogP contribution >= 0.6 is 0 Å². The summed E-state index contributed by atoms with van der Waals surface area (Å²) in [4.78, 5) is 22.8. The number of carbonyl (C=O) groups excluding carboxylic acids is 1. The van der Waals surface area contributed by atoms with Crippen molar-refractivity contribution in [2.45, 2.75) is 34.6 Å². The van der Waals surface area contributed by atoms with Crippen LogP contribution in [0.2, 0.25) is 0 Å². The van der Waals surface area contributed by atoms with E-state index < -0.39 is 5.97 Å². The van der Waals surface area contributed by atoms with E-state index in [2.05, 4.69) is 38.3 Å². The first-order valence-corrected chi connectivity index (χ1v) is 7.00. The molecule has 1 unspecified atom stereocenters. The van der Waals surface area contributed by atoms with Crippen molar-refractivity contribution in [1.29, 1.82) is 0 Å². The minimum Gasteiger partial charge on any atom is -0.478 e. The Labute approximate surface area is 125 Å². The molecule has 5 nitrogen and oxygen atoms in total. The van der Waals surface area contributed by atoms with Crippen molar-refractivity contribution in [2.24, 2.45) is 11.3 Å². The fourth-order valence-electron chi connectivity index (χ4n) is 1.71. The van der Waals surface area contributed by atoms with E-state index in [1.807, 2.05) is 0 Å². The number of benzene rings is 1. The molecule has 0 spiro atoms. The number of aryl methyl sites for hydroxylation is 1. The molecular formula is C16H24N2O3. The molecule has 0 bridgehead atoms. The van der Waals surface area contributed by atoms with Gasteiger partial charge in [0, 0.05) is 12.2 Å². The van der Waals surface area contributed by atoms with Crippen molar-refractivity contribution in [1.82, 2.24) is 5.32 Å². The lowest BCUT2D eigenvalue weighted by Crippen LogP contribution is -2.36. The maximum atomic E-state index is 11.8. The third-order valence-corrected chi connectivity index (χ3v) is 3.76. The van der Waals surface area contributed by atoms with Crippen molar-refractivity contribution in [3.63, 3.8) is 0 Å². The van der Waals surface area contributed by atoms with E-state index in [1.54, 1.807) is 19.1 Å². The summed E-state index contributed by atoms with van der Waals surface area (Å²) in [6.07, 6.45) is 0. The molecule has 0 fully saturated rings. The summed E-state index contributed by atoms with van der Waals surface area (Å²) < 4.78 is 0. The predicted molar refractivity (Wildman–Crippen MR) is 83.8 cm³/mol. The highest BCUT2D eigenvalue weighted by Gasteiger charge is 2.20. The van der Waals surface area contributed by atoms with Crippen LogP contribution in [0.15, 0.2) is 18.2 Å². The zero-order chi connectivity index (χ0) is 16.2. The molecule has 1 aromatic carbocycles. The topological polar surface area (TPSA) is 78.4 Å². The highest BCUT2D eigenvalue weighted by Crippen LogP contribution is 2.24. The molecule has 0 aliphatic carbocycles. The molecule has 3 N–H and O–H groups in total. The number of urea groups is 1. The monoisotopic (exact) mass is 292 g/mol. The van der Waals surface area contributed by atoms with Gasteiger partial charge in [0.05, 0.1) is 5.56 Å². The number of carboxylic acid groups (broad SMARTS) is 1. The first-order valence-electron chi connectivity index (χ1n) is 7.00. The van der Waals surface area contributed by atoms with Crippen LogP contribution in [0.3, 0.4) is 0 Å². The van der Waals surface area contributed by atoms with Crippen molar-refractivity contribution < 1.29 is 14.7 Å². The number of hydrogen-bond donors (Lipinski definition) is 3. The smallest absolute Gasteiger partial charge is 0.335 e. The van der Waals surface area contributed by atoms with Gasteiger partial charge in [0.15, 0.2) is 0 Å². The first-order chi connectivity index (χ1) is 9.61. The number of nitrogens with one attached hydrogen (secondary N) is 2. The molecule has 2 amide bonds. The molecule has 0 aliphatic rings. The molecule has 116 valence electrons. The van der Waals surface area contributed by atoms with E-state index in [0.717, 1.165) is 0 Å². The van der Waals surface area contributed by atoms with Crippen LogP contribution in [-0.2, 0) is 0 Å². The summed E-state index contributed by atoms with van der Waals surface area (Å²) in [5, 5.41) is 14.5. The van der Waals surface area contributed by atoms with E-state index in [1.165, 1.54) is 6.07 Å². The zero-order valence-electron chi connectivity index (χ0n) is 13.3. The van der Waals surface area contributed by atoms with Gasteiger partial charge in [-0.05, 0) is 42.0 Å². The number of rotatable bonds is 4. The van der Waals surface area contributed by atoms with Crippen LogP contribution < -0.4 is 10.6 Å². The molecular weight excluding hydrogens is 268 g/mol. The number of amides is 2. The standard InChI is InChI=1S/C16H24N2O3/c1-10-8-12(6-7-13(10)14(19)20)18-15(21)17-9-11(2)16(3,4)5/h6-8,11H,9H2,1-5H3,(H,19,20)(H2,17,18,21). The Kier molecular flexibility index (Phi) is 5.35. The molecule has 0 aliphatic heterocycles. The molecule has 0 radical (unpaired) electrons. The van der Waals surface area contributed by atoms with Crippen molar-refractivity contribution in [3.8, 4) is 0 Å². The molecule has 0 saturated carbocycles. The summed E-state index contributed by atoms with van der Waals surface area (Å²) in [6, 6.07) is 4.44. The summed E-state index contributed by atoms with van der Waals surface area (Å²) in [7, 11) is 0. The molecule has 0 saturated heterocycles. The van der Waals surface area contributed by atoms with Crippen LogP contribution in [0.5, 0.6) is 0 Å².